The number of amides is 1. The van der Waals surface area contributed by atoms with Crippen LogP contribution in [0.25, 0.3) is 0 Å². The number of nitrogens with one attached hydrogen (secondary N) is 2. The van der Waals surface area contributed by atoms with Gasteiger partial charge in [0.25, 0.3) is 5.91 Å². The number of carbonyl (C=O) groups is 1. The van der Waals surface area contributed by atoms with Gasteiger partial charge in [0, 0.05) is 18.7 Å². The smallest absolute Gasteiger partial charge is 0.251 e. The van der Waals surface area contributed by atoms with Crippen LogP contribution in [0.3, 0.4) is 0 Å². The molecule has 0 bridgehead atoms. The molecule has 2 aromatic rings. The first kappa shape index (κ1) is 21.1. The second kappa shape index (κ2) is 8.23. The van der Waals surface area contributed by atoms with E-state index in [1.54, 1.807) is 18.2 Å². The molecule has 6 heteroatoms. The van der Waals surface area contributed by atoms with Crippen LogP contribution in [-0.2, 0) is 15.4 Å². The highest BCUT2D eigenvalue weighted by molar-refractivity contribution is 7.89. The summed E-state index contributed by atoms with van der Waals surface area (Å²) in [6, 6.07) is 12.4. The lowest BCUT2D eigenvalue weighted by Gasteiger charge is -2.19. The molecule has 0 fully saturated rings. The number of aryl methyl sites for hydroxylation is 2. The molecule has 0 aliphatic rings. The molecule has 1 amide bonds. The van der Waals surface area contributed by atoms with Crippen LogP contribution in [0, 0.1) is 13.8 Å². The molecule has 0 radical (unpaired) electrons. The Hall–Kier alpha value is -2.18. The van der Waals surface area contributed by atoms with E-state index in [4.69, 9.17) is 0 Å². The van der Waals surface area contributed by atoms with E-state index >= 15 is 0 Å². The van der Waals surface area contributed by atoms with Crippen molar-refractivity contribution in [2.75, 3.05) is 13.1 Å². The number of sulfonamides is 1. The van der Waals surface area contributed by atoms with E-state index in [0.717, 1.165) is 16.7 Å². The summed E-state index contributed by atoms with van der Waals surface area (Å²) in [5, 5.41) is 2.73. The fraction of sp³-hybridized carbons (Fsp3) is 0.381. The number of rotatable bonds is 6. The Morgan fingerprint density at radius 3 is 2.11 bits per heavy atom. The molecule has 0 aliphatic heterocycles. The van der Waals surface area contributed by atoms with Crippen molar-refractivity contribution in [1.29, 1.82) is 0 Å². The summed E-state index contributed by atoms with van der Waals surface area (Å²) in [5.74, 6) is -0.216. The third-order valence-electron chi connectivity index (χ3n) is 4.50. The summed E-state index contributed by atoms with van der Waals surface area (Å²) in [4.78, 5) is 12.4. The zero-order valence-corrected chi connectivity index (χ0v) is 17.4. The topological polar surface area (TPSA) is 75.3 Å². The summed E-state index contributed by atoms with van der Waals surface area (Å²) in [5.41, 5.74) is 3.77. The minimum absolute atomic E-state index is 0.0334. The zero-order valence-electron chi connectivity index (χ0n) is 16.6. The number of hydrogen-bond acceptors (Lipinski definition) is 3. The normalized spacial score (nSPS) is 12.0. The van der Waals surface area contributed by atoms with Gasteiger partial charge < -0.3 is 5.32 Å². The van der Waals surface area contributed by atoms with Gasteiger partial charge in [0.1, 0.15) is 0 Å². The molecule has 0 unspecified atom stereocenters. The van der Waals surface area contributed by atoms with E-state index in [1.807, 2.05) is 38.1 Å². The maximum atomic E-state index is 12.4. The van der Waals surface area contributed by atoms with Crippen molar-refractivity contribution in [2.24, 2.45) is 0 Å². The van der Waals surface area contributed by atoms with Crippen molar-refractivity contribution in [3.05, 3.63) is 64.7 Å². The highest BCUT2D eigenvalue weighted by atomic mass is 32.2. The lowest BCUT2D eigenvalue weighted by atomic mass is 9.87. The fourth-order valence-electron chi connectivity index (χ4n) is 2.56. The first-order chi connectivity index (χ1) is 12.5. The second-order valence-corrected chi connectivity index (χ2v) is 9.49. The van der Waals surface area contributed by atoms with E-state index < -0.39 is 10.0 Å². The van der Waals surface area contributed by atoms with Gasteiger partial charge in [0.15, 0.2) is 0 Å². The Labute approximate surface area is 162 Å². The highest BCUT2D eigenvalue weighted by Gasteiger charge is 2.17. The van der Waals surface area contributed by atoms with E-state index in [9.17, 15) is 13.2 Å². The predicted octanol–water partition coefficient (Wildman–Crippen LogP) is 3.31. The Morgan fingerprint density at radius 2 is 1.56 bits per heavy atom. The number of carbonyl (C=O) groups excluding carboxylic acids is 1. The van der Waals surface area contributed by atoms with E-state index in [2.05, 4.69) is 30.8 Å². The van der Waals surface area contributed by atoms with Crippen LogP contribution in [0.1, 0.15) is 47.8 Å². The van der Waals surface area contributed by atoms with Crippen LogP contribution in [0.2, 0.25) is 0 Å². The van der Waals surface area contributed by atoms with Gasteiger partial charge in [-0.05, 0) is 60.2 Å². The molecule has 2 rings (SSSR count). The van der Waals surface area contributed by atoms with Crippen LogP contribution in [0.15, 0.2) is 47.4 Å². The SMILES string of the molecule is Cc1ccc(C(=O)NCCNS(=O)(=O)c2ccc(C(C)(C)C)cc2)cc1C. The molecule has 0 saturated carbocycles. The van der Waals surface area contributed by atoms with Crippen molar-refractivity contribution in [3.8, 4) is 0 Å². The largest absolute Gasteiger partial charge is 0.351 e. The van der Waals surface area contributed by atoms with Crippen molar-refractivity contribution in [1.82, 2.24) is 10.0 Å². The standard InChI is InChI=1S/C21H28N2O3S/c1-15-6-7-17(14-16(15)2)20(24)22-12-13-23-27(25,26)19-10-8-18(9-11-19)21(3,4)5/h6-11,14,23H,12-13H2,1-5H3,(H,22,24). The lowest BCUT2D eigenvalue weighted by Crippen LogP contribution is -2.34. The third-order valence-corrected chi connectivity index (χ3v) is 5.98. The quantitative estimate of drug-likeness (QED) is 0.746. The summed E-state index contributed by atoms with van der Waals surface area (Å²) in [6.07, 6.45) is 0. The van der Waals surface area contributed by atoms with Gasteiger partial charge in [0.05, 0.1) is 4.90 Å². The first-order valence-corrected chi connectivity index (χ1v) is 10.4. The maximum Gasteiger partial charge on any atom is 0.251 e. The molecule has 2 N–H and O–H groups in total. The minimum Gasteiger partial charge on any atom is -0.351 e. The van der Waals surface area contributed by atoms with Crippen LogP contribution in [-0.4, -0.2) is 27.4 Å². The molecule has 0 heterocycles. The Bertz CT molecular complexity index is 911. The van der Waals surface area contributed by atoms with Crippen molar-refractivity contribution in [3.63, 3.8) is 0 Å². The summed E-state index contributed by atoms with van der Waals surface area (Å²) in [6.45, 7) is 10.5. The van der Waals surface area contributed by atoms with Gasteiger partial charge >= 0.3 is 0 Å². The van der Waals surface area contributed by atoms with Gasteiger partial charge in [-0.1, -0.05) is 39.0 Å². The molecular weight excluding hydrogens is 360 g/mol. The van der Waals surface area contributed by atoms with E-state index in [0.29, 0.717) is 5.56 Å². The molecule has 5 nitrogen and oxygen atoms in total. The minimum atomic E-state index is -3.60. The zero-order chi connectivity index (χ0) is 20.2. The van der Waals surface area contributed by atoms with E-state index in [-0.39, 0.29) is 29.3 Å². The average molecular weight is 389 g/mol. The van der Waals surface area contributed by atoms with Crippen LogP contribution in [0.5, 0.6) is 0 Å². The molecule has 0 atom stereocenters. The molecular formula is C21H28N2O3S. The number of benzene rings is 2. The molecule has 146 valence electrons. The predicted molar refractivity (Wildman–Crippen MR) is 109 cm³/mol. The second-order valence-electron chi connectivity index (χ2n) is 7.73. The van der Waals surface area contributed by atoms with Crippen LogP contribution in [0.4, 0.5) is 0 Å². The molecule has 27 heavy (non-hydrogen) atoms. The third kappa shape index (κ3) is 5.65. The Kier molecular flexibility index (Phi) is 6.44. The van der Waals surface area contributed by atoms with Crippen molar-refractivity contribution in [2.45, 2.75) is 44.9 Å². The van der Waals surface area contributed by atoms with Crippen LogP contribution < -0.4 is 10.0 Å². The summed E-state index contributed by atoms with van der Waals surface area (Å²) >= 11 is 0. The summed E-state index contributed by atoms with van der Waals surface area (Å²) in [7, 11) is -3.60. The first-order valence-electron chi connectivity index (χ1n) is 8.96. The van der Waals surface area contributed by atoms with Gasteiger partial charge in [-0.3, -0.25) is 4.79 Å². The van der Waals surface area contributed by atoms with Crippen molar-refractivity contribution >= 4 is 15.9 Å². The molecule has 0 saturated heterocycles. The van der Waals surface area contributed by atoms with Crippen LogP contribution >= 0.6 is 0 Å². The van der Waals surface area contributed by atoms with Gasteiger partial charge in [-0.15, -0.1) is 0 Å². The van der Waals surface area contributed by atoms with Crippen molar-refractivity contribution < 1.29 is 13.2 Å². The summed E-state index contributed by atoms with van der Waals surface area (Å²) < 4.78 is 27.3. The van der Waals surface area contributed by atoms with Gasteiger partial charge in [0.2, 0.25) is 10.0 Å². The van der Waals surface area contributed by atoms with E-state index in [1.165, 1.54) is 0 Å². The molecule has 0 spiro atoms. The molecule has 0 aromatic heterocycles. The monoisotopic (exact) mass is 388 g/mol. The highest BCUT2D eigenvalue weighted by Crippen LogP contribution is 2.23. The Balaban J connectivity index is 1.90. The molecule has 0 aliphatic carbocycles. The Morgan fingerprint density at radius 1 is 0.926 bits per heavy atom. The fourth-order valence-corrected chi connectivity index (χ4v) is 3.60. The van der Waals surface area contributed by atoms with Gasteiger partial charge in [-0.2, -0.15) is 0 Å². The molecule has 2 aromatic carbocycles. The van der Waals surface area contributed by atoms with Gasteiger partial charge in [-0.25, -0.2) is 13.1 Å². The lowest BCUT2D eigenvalue weighted by molar-refractivity contribution is 0.0954. The number of hydrogen-bond donors (Lipinski definition) is 2. The maximum absolute atomic E-state index is 12.4. The average Bonchev–Trinajstić information content (AvgIpc) is 2.60.